The number of rotatable bonds is 10. The van der Waals surface area contributed by atoms with Crippen LogP contribution in [0.5, 0.6) is 0 Å². The van der Waals surface area contributed by atoms with E-state index in [1.807, 2.05) is 23.6 Å². The summed E-state index contributed by atoms with van der Waals surface area (Å²) in [5.74, 6) is -0.815. The van der Waals surface area contributed by atoms with E-state index in [0.717, 1.165) is 17.8 Å². The first-order valence-corrected chi connectivity index (χ1v) is 17.4. The van der Waals surface area contributed by atoms with E-state index >= 15 is 0 Å². The zero-order valence-electron chi connectivity index (χ0n) is 28.3. The molecule has 2 aliphatic heterocycles. The van der Waals surface area contributed by atoms with Gasteiger partial charge in [-0.1, -0.05) is 13.8 Å². The molecule has 3 fully saturated rings. The van der Waals surface area contributed by atoms with Gasteiger partial charge in [0.05, 0.1) is 42.4 Å². The van der Waals surface area contributed by atoms with E-state index in [2.05, 4.69) is 9.97 Å². The lowest BCUT2D eigenvalue weighted by molar-refractivity contribution is -0.145. The van der Waals surface area contributed by atoms with Gasteiger partial charge in [0.15, 0.2) is 0 Å². The number of anilines is 2. The molecule has 1 saturated carbocycles. The minimum absolute atomic E-state index is 0.0290. The Labute approximate surface area is 288 Å². The molecule has 15 heteroatoms. The number of halogens is 6. The molecular formula is C35H45F6N5O4. The van der Waals surface area contributed by atoms with Gasteiger partial charge in [-0.2, -0.15) is 26.3 Å². The second kappa shape index (κ2) is 15.7. The second-order valence-corrected chi connectivity index (χ2v) is 13.7. The predicted molar refractivity (Wildman–Crippen MR) is 173 cm³/mol. The zero-order chi connectivity index (χ0) is 36.2. The first-order valence-electron chi connectivity index (χ1n) is 17.4. The molecule has 3 aliphatic rings. The number of piperidine rings is 1. The van der Waals surface area contributed by atoms with Crippen LogP contribution in [-0.4, -0.2) is 76.3 Å². The fourth-order valence-corrected chi connectivity index (χ4v) is 7.78. The minimum Gasteiger partial charge on any atom is -0.481 e. The first-order chi connectivity index (χ1) is 23.7. The standard InChI is InChI=1S/C35H45F6N5O4/c1-3-27-17-29(18-28(4-2)46(27)32(49)24-7-5-22(6-8-24)15-31(47)48)45(33-42-19-30(20-43-33)44-9-11-50-12-10-44)21-23-13-25(34(36,37)38)16-26(14-23)35(39,40)41/h13-14,16,19-20,22,24,27-29H,3-12,15,17-18,21H2,1-2H3,(H,47,48)/t22?,24?,27-,28+,29+. The number of carbonyl (C=O) groups excluding carboxylic acids is 1. The number of carboxylic acids is 1. The van der Waals surface area contributed by atoms with Crippen LogP contribution < -0.4 is 9.80 Å². The maximum atomic E-state index is 14.1. The zero-order valence-corrected chi connectivity index (χ0v) is 28.3. The summed E-state index contributed by atoms with van der Waals surface area (Å²) in [5.41, 5.74) is -2.22. The van der Waals surface area contributed by atoms with E-state index < -0.39 is 35.5 Å². The monoisotopic (exact) mass is 713 g/mol. The van der Waals surface area contributed by atoms with E-state index in [1.54, 1.807) is 17.3 Å². The van der Waals surface area contributed by atoms with Gasteiger partial charge < -0.3 is 24.5 Å². The van der Waals surface area contributed by atoms with Gasteiger partial charge in [0.1, 0.15) is 0 Å². The molecule has 0 unspecified atom stereocenters. The number of hydrogen-bond acceptors (Lipinski definition) is 7. The Kier molecular flexibility index (Phi) is 11.8. The van der Waals surface area contributed by atoms with Gasteiger partial charge in [0.2, 0.25) is 11.9 Å². The van der Waals surface area contributed by atoms with Crippen LogP contribution in [0.4, 0.5) is 38.0 Å². The Morgan fingerprint density at radius 3 is 1.90 bits per heavy atom. The van der Waals surface area contributed by atoms with Crippen LogP contribution in [0.25, 0.3) is 0 Å². The summed E-state index contributed by atoms with van der Waals surface area (Å²) in [5, 5.41) is 9.20. The Balaban J connectivity index is 1.45. The number of hydrogen-bond donors (Lipinski definition) is 1. The lowest BCUT2D eigenvalue weighted by Crippen LogP contribution is -2.58. The van der Waals surface area contributed by atoms with Gasteiger partial charge in [0, 0.05) is 50.1 Å². The number of aliphatic carboxylic acids is 1. The molecule has 1 aromatic heterocycles. The molecule has 0 bridgehead atoms. The van der Waals surface area contributed by atoms with Crippen molar-refractivity contribution in [2.45, 2.75) is 109 Å². The highest BCUT2D eigenvalue weighted by molar-refractivity contribution is 5.80. The van der Waals surface area contributed by atoms with Crippen molar-refractivity contribution in [3.05, 3.63) is 47.3 Å². The largest absolute Gasteiger partial charge is 0.481 e. The average molecular weight is 714 g/mol. The third kappa shape index (κ3) is 8.99. The van der Waals surface area contributed by atoms with Gasteiger partial charge in [-0.05, 0) is 81.0 Å². The van der Waals surface area contributed by atoms with Crippen molar-refractivity contribution in [2.75, 3.05) is 36.1 Å². The molecule has 0 radical (unpaired) electrons. The predicted octanol–water partition coefficient (Wildman–Crippen LogP) is 7.19. The van der Waals surface area contributed by atoms with Crippen LogP contribution >= 0.6 is 0 Å². The van der Waals surface area contributed by atoms with Crippen LogP contribution in [-0.2, 0) is 33.2 Å². The molecule has 3 atom stereocenters. The van der Waals surface area contributed by atoms with Crippen LogP contribution in [0.3, 0.4) is 0 Å². The van der Waals surface area contributed by atoms with Gasteiger partial charge in [0.25, 0.3) is 0 Å². The summed E-state index contributed by atoms with van der Waals surface area (Å²) in [4.78, 5) is 40.1. The van der Waals surface area contributed by atoms with E-state index in [-0.39, 0.29) is 60.4 Å². The highest BCUT2D eigenvalue weighted by atomic mass is 19.4. The third-order valence-electron chi connectivity index (χ3n) is 10.4. The minimum atomic E-state index is -4.99. The Morgan fingerprint density at radius 2 is 1.42 bits per heavy atom. The number of carbonyl (C=O) groups is 2. The fraction of sp³-hybridized carbons (Fsp3) is 0.657. The molecule has 5 rings (SSSR count). The highest BCUT2D eigenvalue weighted by Gasteiger charge is 2.43. The molecule has 1 aromatic carbocycles. The van der Waals surface area contributed by atoms with Crippen molar-refractivity contribution in [1.29, 1.82) is 0 Å². The van der Waals surface area contributed by atoms with Crippen LogP contribution in [0, 0.1) is 11.8 Å². The van der Waals surface area contributed by atoms with E-state index in [0.29, 0.717) is 77.7 Å². The molecule has 2 saturated heterocycles. The van der Waals surface area contributed by atoms with Crippen molar-refractivity contribution in [3.63, 3.8) is 0 Å². The third-order valence-corrected chi connectivity index (χ3v) is 10.4. The van der Waals surface area contributed by atoms with Crippen molar-refractivity contribution < 1.29 is 45.8 Å². The lowest BCUT2D eigenvalue weighted by atomic mass is 9.78. The van der Waals surface area contributed by atoms with Gasteiger partial charge in [-0.25, -0.2) is 9.97 Å². The smallest absolute Gasteiger partial charge is 0.416 e. The summed E-state index contributed by atoms with van der Waals surface area (Å²) in [6.07, 6.45) is -2.09. The van der Waals surface area contributed by atoms with E-state index in [1.165, 1.54) is 0 Å². The van der Waals surface area contributed by atoms with Gasteiger partial charge in [-0.15, -0.1) is 0 Å². The quantitative estimate of drug-likeness (QED) is 0.259. The molecule has 9 nitrogen and oxygen atoms in total. The van der Waals surface area contributed by atoms with Gasteiger partial charge >= 0.3 is 18.3 Å². The highest BCUT2D eigenvalue weighted by Crippen LogP contribution is 2.40. The van der Waals surface area contributed by atoms with Crippen molar-refractivity contribution in [2.24, 2.45) is 11.8 Å². The van der Waals surface area contributed by atoms with Crippen LogP contribution in [0.1, 0.15) is 88.3 Å². The molecule has 1 amide bonds. The number of morpholine rings is 1. The van der Waals surface area contributed by atoms with E-state index in [4.69, 9.17) is 4.74 Å². The molecular weight excluding hydrogens is 668 g/mol. The van der Waals surface area contributed by atoms with Crippen LogP contribution in [0.15, 0.2) is 30.6 Å². The number of likely N-dealkylation sites (tertiary alicyclic amines) is 1. The summed E-state index contributed by atoms with van der Waals surface area (Å²) >= 11 is 0. The fourth-order valence-electron chi connectivity index (χ4n) is 7.78. The number of benzene rings is 1. The van der Waals surface area contributed by atoms with Crippen molar-refractivity contribution in [3.8, 4) is 0 Å². The first kappa shape index (κ1) is 37.6. The molecule has 1 N–H and O–H groups in total. The van der Waals surface area contributed by atoms with Crippen molar-refractivity contribution in [1.82, 2.24) is 14.9 Å². The second-order valence-electron chi connectivity index (χ2n) is 13.7. The number of alkyl halides is 6. The number of amides is 1. The Bertz CT molecular complexity index is 1410. The maximum Gasteiger partial charge on any atom is 0.416 e. The Hall–Kier alpha value is -3.62. The molecule has 2 aromatic rings. The molecule has 3 heterocycles. The normalized spacial score (nSPS) is 25.0. The molecule has 1 aliphatic carbocycles. The maximum absolute atomic E-state index is 14.1. The summed E-state index contributed by atoms with van der Waals surface area (Å²) in [6.45, 7) is 5.94. The van der Waals surface area contributed by atoms with Crippen molar-refractivity contribution >= 4 is 23.5 Å². The number of aromatic nitrogens is 2. The molecule has 0 spiro atoms. The van der Waals surface area contributed by atoms with E-state index in [9.17, 15) is 41.0 Å². The van der Waals surface area contributed by atoms with Crippen LogP contribution in [0.2, 0.25) is 0 Å². The number of nitrogens with zero attached hydrogens (tertiary/aromatic N) is 5. The number of ether oxygens (including phenoxy) is 1. The topological polar surface area (TPSA) is 99.1 Å². The number of carboxylic acid groups (broad SMARTS) is 1. The lowest BCUT2D eigenvalue weighted by Gasteiger charge is -2.49. The Morgan fingerprint density at radius 1 is 0.880 bits per heavy atom. The molecule has 276 valence electrons. The summed E-state index contributed by atoms with van der Waals surface area (Å²) < 4.78 is 88.4. The van der Waals surface area contributed by atoms with Gasteiger partial charge in [-0.3, -0.25) is 9.59 Å². The summed E-state index contributed by atoms with van der Waals surface area (Å²) in [7, 11) is 0. The summed E-state index contributed by atoms with van der Waals surface area (Å²) in [6, 6.07) is 0.770. The molecule has 50 heavy (non-hydrogen) atoms. The average Bonchev–Trinajstić information content (AvgIpc) is 3.09. The SMILES string of the molecule is CC[C@@H]1C[C@H](N(Cc2cc(C(F)(F)F)cc(C(F)(F)F)c2)c2ncc(N3CCOCC3)cn2)C[C@H](CC)N1C(=O)C1CCC(CC(=O)O)CC1.